The fraction of sp³-hybridized carbons (Fsp3) is 0.231. The molecule has 0 bridgehead atoms. The smallest absolute Gasteiger partial charge is 0.165 e. The molecule has 0 aliphatic carbocycles. The largest absolute Gasteiger partial charge is 0.383 e. The molecular formula is C13H14N4. The second-order valence-corrected chi connectivity index (χ2v) is 4.43. The molecule has 1 aromatic carbocycles. The molecule has 0 radical (unpaired) electrons. The predicted octanol–water partition coefficient (Wildman–Crippen LogP) is 1.21. The van der Waals surface area contributed by atoms with Gasteiger partial charge in [-0.1, -0.05) is 12.1 Å². The number of rotatable bonds is 1. The Bertz CT molecular complexity index is 740. The third kappa shape index (κ3) is 1.45. The molecule has 0 atom stereocenters. The Labute approximate surface area is 99.2 Å². The van der Waals surface area contributed by atoms with Crippen LogP contribution in [0.2, 0.25) is 0 Å². The Morgan fingerprint density at radius 2 is 2.00 bits per heavy atom. The lowest BCUT2D eigenvalue weighted by Gasteiger charge is -2.01. The molecule has 0 saturated heterocycles. The highest BCUT2D eigenvalue weighted by Crippen LogP contribution is 2.13. The number of aryl methyl sites for hydroxylation is 1. The molecule has 0 fully saturated rings. The SMILES string of the molecule is Cc1nn2c(nc3ccccc32)c1=CN(C)C. The topological polar surface area (TPSA) is 33.4 Å². The van der Waals surface area contributed by atoms with Crippen LogP contribution in [0, 0.1) is 6.92 Å². The number of para-hydroxylation sites is 2. The minimum absolute atomic E-state index is 0.928. The maximum atomic E-state index is 4.63. The second-order valence-electron chi connectivity index (χ2n) is 4.43. The van der Waals surface area contributed by atoms with Gasteiger partial charge in [-0.05, 0) is 19.1 Å². The van der Waals surface area contributed by atoms with Gasteiger partial charge in [-0.2, -0.15) is 5.10 Å². The minimum Gasteiger partial charge on any atom is -0.383 e. The molecule has 0 aliphatic heterocycles. The van der Waals surface area contributed by atoms with Crippen molar-refractivity contribution in [3.05, 3.63) is 35.2 Å². The van der Waals surface area contributed by atoms with Crippen LogP contribution in [-0.2, 0) is 0 Å². The van der Waals surface area contributed by atoms with Crippen molar-refractivity contribution < 1.29 is 0 Å². The standard InChI is InChI=1S/C13H14N4/c1-9-10(8-16(2)3)13-14-11-6-4-5-7-12(11)17(13)15-9/h4-8H,1-3H3. The lowest BCUT2D eigenvalue weighted by Crippen LogP contribution is -2.12. The molecule has 2 aromatic heterocycles. The van der Waals surface area contributed by atoms with Crippen molar-refractivity contribution in [3.8, 4) is 0 Å². The van der Waals surface area contributed by atoms with Gasteiger partial charge in [-0.15, -0.1) is 0 Å². The Kier molecular flexibility index (Phi) is 2.04. The van der Waals surface area contributed by atoms with Crippen molar-refractivity contribution in [3.63, 3.8) is 0 Å². The number of imidazole rings is 1. The summed E-state index contributed by atoms with van der Waals surface area (Å²) in [5.41, 5.74) is 3.98. The van der Waals surface area contributed by atoms with E-state index in [9.17, 15) is 0 Å². The third-order valence-electron chi connectivity index (χ3n) is 2.80. The third-order valence-corrected chi connectivity index (χ3v) is 2.80. The zero-order valence-electron chi connectivity index (χ0n) is 10.2. The molecule has 0 spiro atoms. The van der Waals surface area contributed by atoms with Crippen molar-refractivity contribution >= 4 is 22.9 Å². The fourth-order valence-corrected chi connectivity index (χ4v) is 2.06. The molecule has 0 N–H and O–H groups in total. The van der Waals surface area contributed by atoms with E-state index in [4.69, 9.17) is 0 Å². The normalized spacial score (nSPS) is 12.8. The van der Waals surface area contributed by atoms with E-state index in [1.54, 1.807) is 0 Å². The molecule has 0 unspecified atom stereocenters. The van der Waals surface area contributed by atoms with Gasteiger partial charge < -0.3 is 4.90 Å². The molecule has 0 aliphatic rings. The molecule has 2 heterocycles. The summed E-state index contributed by atoms with van der Waals surface area (Å²) in [6.45, 7) is 2.01. The van der Waals surface area contributed by atoms with Gasteiger partial charge in [0.15, 0.2) is 5.65 Å². The molecule has 0 amide bonds. The molecule has 0 saturated carbocycles. The first-order valence-corrected chi connectivity index (χ1v) is 5.59. The Hall–Kier alpha value is -2.10. The van der Waals surface area contributed by atoms with E-state index >= 15 is 0 Å². The Morgan fingerprint density at radius 1 is 1.24 bits per heavy atom. The lowest BCUT2D eigenvalue weighted by atomic mass is 10.3. The Balaban J connectivity index is 2.48. The quantitative estimate of drug-likeness (QED) is 0.625. The first-order chi connectivity index (χ1) is 8.16. The van der Waals surface area contributed by atoms with Crippen molar-refractivity contribution in [1.29, 1.82) is 0 Å². The van der Waals surface area contributed by atoms with Crippen LogP contribution in [-0.4, -0.2) is 33.6 Å². The summed E-state index contributed by atoms with van der Waals surface area (Å²) in [6, 6.07) is 8.06. The van der Waals surface area contributed by atoms with Crippen molar-refractivity contribution in [2.24, 2.45) is 0 Å². The van der Waals surface area contributed by atoms with Crippen molar-refractivity contribution in [1.82, 2.24) is 19.5 Å². The van der Waals surface area contributed by atoms with Gasteiger partial charge in [0.25, 0.3) is 0 Å². The average molecular weight is 226 g/mol. The molecular weight excluding hydrogens is 212 g/mol. The number of hydrogen-bond acceptors (Lipinski definition) is 3. The molecule has 4 nitrogen and oxygen atoms in total. The summed E-state index contributed by atoms with van der Waals surface area (Å²) in [5.74, 6) is 0. The number of hydrogen-bond donors (Lipinski definition) is 0. The molecule has 86 valence electrons. The first-order valence-electron chi connectivity index (χ1n) is 5.59. The fourth-order valence-electron chi connectivity index (χ4n) is 2.06. The number of nitrogens with zero attached hydrogens (tertiary/aromatic N) is 4. The zero-order chi connectivity index (χ0) is 12.0. The van der Waals surface area contributed by atoms with Gasteiger partial charge in [0.05, 0.1) is 21.9 Å². The summed E-state index contributed by atoms with van der Waals surface area (Å²) in [6.07, 6.45) is 2.06. The maximum absolute atomic E-state index is 4.63. The minimum atomic E-state index is 0.928. The molecule has 3 aromatic rings. The van der Waals surface area contributed by atoms with Crippen LogP contribution in [0.4, 0.5) is 0 Å². The maximum Gasteiger partial charge on any atom is 0.165 e. The summed E-state index contributed by atoms with van der Waals surface area (Å²) in [5, 5.41) is 5.64. The molecule has 4 heteroatoms. The molecule has 17 heavy (non-hydrogen) atoms. The van der Waals surface area contributed by atoms with Crippen LogP contribution in [0.3, 0.4) is 0 Å². The van der Waals surface area contributed by atoms with Crippen molar-refractivity contribution in [2.45, 2.75) is 6.92 Å². The van der Waals surface area contributed by atoms with E-state index < -0.39 is 0 Å². The van der Waals surface area contributed by atoms with Crippen LogP contribution in [0.25, 0.3) is 22.9 Å². The van der Waals surface area contributed by atoms with E-state index in [-0.39, 0.29) is 0 Å². The van der Waals surface area contributed by atoms with Crippen LogP contribution >= 0.6 is 0 Å². The molecule has 3 rings (SSSR count). The summed E-state index contributed by atoms with van der Waals surface area (Å²) >= 11 is 0. The summed E-state index contributed by atoms with van der Waals surface area (Å²) in [4.78, 5) is 6.65. The van der Waals surface area contributed by atoms with E-state index in [1.807, 2.05) is 54.7 Å². The zero-order valence-corrected chi connectivity index (χ0v) is 10.2. The van der Waals surface area contributed by atoms with Crippen LogP contribution in [0.1, 0.15) is 5.69 Å². The van der Waals surface area contributed by atoms with Crippen LogP contribution in [0.5, 0.6) is 0 Å². The second kappa shape index (κ2) is 3.45. The van der Waals surface area contributed by atoms with Gasteiger partial charge >= 0.3 is 0 Å². The highest BCUT2D eigenvalue weighted by atomic mass is 15.3. The van der Waals surface area contributed by atoms with Crippen molar-refractivity contribution in [2.75, 3.05) is 14.1 Å². The highest BCUT2D eigenvalue weighted by molar-refractivity contribution is 5.80. The van der Waals surface area contributed by atoms with Gasteiger partial charge in [0.2, 0.25) is 0 Å². The number of benzene rings is 1. The Morgan fingerprint density at radius 3 is 2.76 bits per heavy atom. The van der Waals surface area contributed by atoms with Gasteiger partial charge in [-0.25, -0.2) is 9.50 Å². The van der Waals surface area contributed by atoms with E-state index in [1.165, 1.54) is 0 Å². The predicted molar refractivity (Wildman–Crippen MR) is 68.6 cm³/mol. The summed E-state index contributed by atoms with van der Waals surface area (Å²) < 4.78 is 1.92. The summed E-state index contributed by atoms with van der Waals surface area (Å²) in [7, 11) is 4.01. The van der Waals surface area contributed by atoms with E-state index in [0.29, 0.717) is 0 Å². The highest BCUT2D eigenvalue weighted by Gasteiger charge is 2.09. The van der Waals surface area contributed by atoms with Crippen LogP contribution in [0.15, 0.2) is 24.3 Å². The average Bonchev–Trinajstić information content (AvgIpc) is 2.77. The van der Waals surface area contributed by atoms with Gasteiger partial charge in [-0.3, -0.25) is 0 Å². The monoisotopic (exact) mass is 226 g/mol. The first kappa shape index (κ1) is 10.1. The van der Waals surface area contributed by atoms with E-state index in [0.717, 1.165) is 27.6 Å². The van der Waals surface area contributed by atoms with E-state index in [2.05, 4.69) is 16.3 Å². The van der Waals surface area contributed by atoms with Gasteiger partial charge in [0, 0.05) is 20.3 Å². The van der Waals surface area contributed by atoms with Crippen LogP contribution < -0.4 is 5.22 Å². The number of aromatic nitrogens is 3. The lowest BCUT2D eigenvalue weighted by molar-refractivity contribution is 0.614. The number of fused-ring (bicyclic) bond motifs is 3. The van der Waals surface area contributed by atoms with Gasteiger partial charge in [0.1, 0.15) is 0 Å².